The van der Waals surface area contributed by atoms with Crippen molar-refractivity contribution >= 4 is 29.1 Å². The molecule has 0 saturated heterocycles. The Balaban J connectivity index is 1.91. The minimum atomic E-state index is -1.02. The van der Waals surface area contributed by atoms with Crippen LogP contribution < -0.4 is 10.6 Å². The lowest BCUT2D eigenvalue weighted by molar-refractivity contribution is -0.141. The van der Waals surface area contributed by atoms with Gasteiger partial charge in [0.2, 0.25) is 0 Å². The molecule has 0 amide bonds. The zero-order valence-electron chi connectivity index (χ0n) is 16.6. The van der Waals surface area contributed by atoms with Crippen molar-refractivity contribution in [3.05, 3.63) is 53.6 Å². The van der Waals surface area contributed by atoms with E-state index < -0.39 is 11.5 Å². The third kappa shape index (κ3) is 4.08. The Bertz CT molecular complexity index is 861. The van der Waals surface area contributed by atoms with Crippen LogP contribution in [0, 0.1) is 5.41 Å². The van der Waals surface area contributed by atoms with Gasteiger partial charge in [0.25, 0.3) is 0 Å². The number of carboxylic acid groups (broad SMARTS) is 1. The molecule has 144 valence electrons. The second kappa shape index (κ2) is 7.12. The summed E-state index contributed by atoms with van der Waals surface area (Å²) >= 11 is 1.76. The molecule has 27 heavy (non-hydrogen) atoms. The summed E-state index contributed by atoms with van der Waals surface area (Å²) in [4.78, 5) is 12.7. The molecule has 1 aliphatic heterocycles. The minimum Gasteiger partial charge on any atom is -0.480 e. The van der Waals surface area contributed by atoms with Crippen molar-refractivity contribution < 1.29 is 9.90 Å². The molecule has 1 aliphatic rings. The first-order chi connectivity index (χ1) is 12.6. The number of thioether (sulfide) groups is 1. The Kier molecular flexibility index (Phi) is 5.17. The van der Waals surface area contributed by atoms with E-state index in [0.717, 1.165) is 17.7 Å². The van der Waals surface area contributed by atoms with Crippen molar-refractivity contribution in [1.29, 1.82) is 0 Å². The molecule has 2 aromatic carbocycles. The van der Waals surface area contributed by atoms with Gasteiger partial charge in [-0.3, -0.25) is 0 Å². The molecule has 1 atom stereocenters. The van der Waals surface area contributed by atoms with E-state index in [1.165, 1.54) is 16.1 Å². The Hall–Kier alpha value is -2.14. The SMILES string of the molecule is CSc1ccc2c(c1)CC(C)(C)C(c1cccc(NC(C)(C)C(=O)O)c1)N2. The van der Waals surface area contributed by atoms with E-state index in [0.29, 0.717) is 0 Å². The van der Waals surface area contributed by atoms with Crippen molar-refractivity contribution in [2.24, 2.45) is 5.41 Å². The first-order valence-electron chi connectivity index (χ1n) is 9.17. The summed E-state index contributed by atoms with van der Waals surface area (Å²) in [7, 11) is 0. The van der Waals surface area contributed by atoms with Gasteiger partial charge in [-0.2, -0.15) is 0 Å². The Morgan fingerprint density at radius 3 is 2.67 bits per heavy atom. The van der Waals surface area contributed by atoms with Crippen molar-refractivity contribution in [2.45, 2.75) is 50.6 Å². The summed E-state index contributed by atoms with van der Waals surface area (Å²) in [5.41, 5.74) is 3.53. The summed E-state index contributed by atoms with van der Waals surface area (Å²) in [5, 5.41) is 16.2. The Morgan fingerprint density at radius 2 is 2.00 bits per heavy atom. The summed E-state index contributed by atoms with van der Waals surface area (Å²) in [6.07, 6.45) is 3.09. The zero-order valence-corrected chi connectivity index (χ0v) is 17.4. The molecule has 0 spiro atoms. The fourth-order valence-corrected chi connectivity index (χ4v) is 4.14. The minimum absolute atomic E-state index is 0.0327. The van der Waals surface area contributed by atoms with Gasteiger partial charge in [0, 0.05) is 16.3 Å². The lowest BCUT2D eigenvalue weighted by Gasteiger charge is -2.41. The van der Waals surface area contributed by atoms with Crippen LogP contribution in [0.2, 0.25) is 0 Å². The topological polar surface area (TPSA) is 61.4 Å². The maximum Gasteiger partial charge on any atom is 0.328 e. The molecule has 2 aromatic rings. The predicted molar refractivity (Wildman–Crippen MR) is 114 cm³/mol. The van der Waals surface area contributed by atoms with E-state index in [-0.39, 0.29) is 11.5 Å². The number of benzene rings is 2. The highest BCUT2D eigenvalue weighted by atomic mass is 32.2. The molecule has 0 aromatic heterocycles. The second-order valence-electron chi connectivity index (χ2n) is 8.45. The summed E-state index contributed by atoms with van der Waals surface area (Å²) in [6, 6.07) is 14.8. The number of nitrogens with one attached hydrogen (secondary N) is 2. The Labute approximate surface area is 165 Å². The average molecular weight is 385 g/mol. The van der Waals surface area contributed by atoms with Crippen LogP contribution in [0.3, 0.4) is 0 Å². The van der Waals surface area contributed by atoms with Crippen LogP contribution >= 0.6 is 11.8 Å². The van der Waals surface area contributed by atoms with Gasteiger partial charge in [-0.15, -0.1) is 11.8 Å². The van der Waals surface area contributed by atoms with Crippen molar-refractivity contribution in [3.63, 3.8) is 0 Å². The van der Waals surface area contributed by atoms with Gasteiger partial charge in [0.1, 0.15) is 5.54 Å². The number of rotatable bonds is 5. The van der Waals surface area contributed by atoms with Gasteiger partial charge in [-0.25, -0.2) is 4.79 Å². The molecule has 1 heterocycles. The number of fused-ring (bicyclic) bond motifs is 1. The number of hydrogen-bond donors (Lipinski definition) is 3. The van der Waals surface area contributed by atoms with Crippen molar-refractivity contribution in [3.8, 4) is 0 Å². The molecular formula is C22H28N2O2S. The van der Waals surface area contributed by atoms with Crippen molar-refractivity contribution in [1.82, 2.24) is 0 Å². The standard InChI is InChI=1S/C22H28N2O2S/c1-21(2)13-15-12-17(27-5)9-10-18(15)23-19(21)14-7-6-8-16(11-14)24-22(3,4)20(25)26/h6-12,19,23-24H,13H2,1-5H3,(H,25,26). The highest BCUT2D eigenvalue weighted by Crippen LogP contribution is 2.45. The van der Waals surface area contributed by atoms with Gasteiger partial charge in [0.05, 0.1) is 6.04 Å². The quantitative estimate of drug-likeness (QED) is 0.601. The molecular weight excluding hydrogens is 356 g/mol. The van der Waals surface area contributed by atoms with Gasteiger partial charge in [0.15, 0.2) is 0 Å². The predicted octanol–water partition coefficient (Wildman–Crippen LogP) is 5.42. The van der Waals surface area contributed by atoms with Gasteiger partial charge in [-0.1, -0.05) is 26.0 Å². The second-order valence-corrected chi connectivity index (χ2v) is 9.33. The van der Waals surface area contributed by atoms with Crippen LogP contribution in [-0.2, 0) is 11.2 Å². The first kappa shape index (κ1) is 19.6. The van der Waals surface area contributed by atoms with Gasteiger partial charge >= 0.3 is 5.97 Å². The van der Waals surface area contributed by atoms with E-state index in [9.17, 15) is 9.90 Å². The Morgan fingerprint density at radius 1 is 1.26 bits per heavy atom. The lowest BCUT2D eigenvalue weighted by atomic mass is 9.73. The van der Waals surface area contributed by atoms with E-state index in [1.807, 2.05) is 12.1 Å². The number of carboxylic acids is 1. The molecule has 3 rings (SSSR count). The molecule has 0 bridgehead atoms. The van der Waals surface area contributed by atoms with Gasteiger partial charge < -0.3 is 15.7 Å². The molecule has 0 aliphatic carbocycles. The molecule has 3 N–H and O–H groups in total. The molecule has 0 radical (unpaired) electrons. The van der Waals surface area contributed by atoms with Crippen molar-refractivity contribution in [2.75, 3.05) is 16.9 Å². The number of aliphatic carboxylic acids is 1. The van der Waals surface area contributed by atoms with E-state index in [4.69, 9.17) is 0 Å². The molecule has 0 fully saturated rings. The largest absolute Gasteiger partial charge is 0.480 e. The summed E-state index contributed by atoms with van der Waals surface area (Å²) in [5.74, 6) is -0.873. The molecule has 5 heteroatoms. The summed E-state index contributed by atoms with van der Waals surface area (Å²) < 4.78 is 0. The number of anilines is 2. The summed E-state index contributed by atoms with van der Waals surface area (Å²) in [6.45, 7) is 7.90. The third-order valence-corrected chi connectivity index (χ3v) is 5.98. The number of carbonyl (C=O) groups is 1. The maximum absolute atomic E-state index is 11.4. The van der Waals surface area contributed by atoms with Crippen LogP contribution in [0.15, 0.2) is 47.4 Å². The van der Waals surface area contributed by atoms with E-state index in [2.05, 4.69) is 61.1 Å². The highest BCUT2D eigenvalue weighted by molar-refractivity contribution is 7.98. The van der Waals surface area contributed by atoms with Crippen LogP contribution in [0.5, 0.6) is 0 Å². The van der Waals surface area contributed by atoms with Gasteiger partial charge in [-0.05, 0) is 73.4 Å². The van der Waals surface area contributed by atoms with E-state index >= 15 is 0 Å². The van der Waals surface area contributed by atoms with Crippen LogP contribution in [0.4, 0.5) is 11.4 Å². The maximum atomic E-state index is 11.4. The van der Waals surface area contributed by atoms with Crippen LogP contribution in [-0.4, -0.2) is 22.9 Å². The molecule has 1 unspecified atom stereocenters. The van der Waals surface area contributed by atoms with E-state index in [1.54, 1.807) is 25.6 Å². The fraction of sp³-hybridized carbons (Fsp3) is 0.409. The highest BCUT2D eigenvalue weighted by Gasteiger charge is 2.36. The normalized spacial score (nSPS) is 18.3. The smallest absolute Gasteiger partial charge is 0.328 e. The third-order valence-electron chi connectivity index (χ3n) is 5.25. The van der Waals surface area contributed by atoms with Crippen LogP contribution in [0.1, 0.15) is 44.9 Å². The first-order valence-corrected chi connectivity index (χ1v) is 10.4. The lowest BCUT2D eigenvalue weighted by Crippen LogP contribution is -2.40. The monoisotopic (exact) mass is 384 g/mol. The molecule has 0 saturated carbocycles. The number of hydrogen-bond acceptors (Lipinski definition) is 4. The fourth-order valence-electron chi connectivity index (χ4n) is 3.67. The van der Waals surface area contributed by atoms with Crippen LogP contribution in [0.25, 0.3) is 0 Å². The molecule has 4 nitrogen and oxygen atoms in total. The average Bonchev–Trinajstić information content (AvgIpc) is 2.59. The zero-order chi connectivity index (χ0) is 19.8.